The SMILES string of the molecule is CC1(C)c2ccccc2-c2ccc(N(C3=CCC=C(c4ccccc4)C=C3)c3ccc(-c4ccc5c(c4)oc4c6ccccc6c(-c6ccccc6)cc54)cc3)cc21. The van der Waals surface area contributed by atoms with Gasteiger partial charge in [0.1, 0.15) is 11.2 Å². The Hall–Kier alpha value is -7.16. The summed E-state index contributed by atoms with van der Waals surface area (Å²) in [4.78, 5) is 2.42. The van der Waals surface area contributed by atoms with E-state index in [4.69, 9.17) is 4.42 Å². The van der Waals surface area contributed by atoms with Gasteiger partial charge < -0.3 is 9.32 Å². The molecule has 11 rings (SSSR count). The molecule has 9 aromatic rings. The van der Waals surface area contributed by atoms with E-state index in [0.29, 0.717) is 0 Å². The van der Waals surface area contributed by atoms with Crippen molar-refractivity contribution in [1.29, 1.82) is 0 Å². The van der Waals surface area contributed by atoms with E-state index in [2.05, 4.69) is 219 Å². The molecule has 0 radical (unpaired) electrons. The minimum Gasteiger partial charge on any atom is -0.455 e. The van der Waals surface area contributed by atoms with Crippen LogP contribution in [0, 0.1) is 0 Å². The highest BCUT2D eigenvalue weighted by atomic mass is 16.3. The molecule has 2 nitrogen and oxygen atoms in total. The van der Waals surface area contributed by atoms with Crippen molar-refractivity contribution >= 4 is 49.7 Å². The van der Waals surface area contributed by atoms with Crippen LogP contribution in [0.4, 0.5) is 11.4 Å². The van der Waals surface area contributed by atoms with Gasteiger partial charge in [-0.05, 0) is 116 Å². The molecule has 58 heavy (non-hydrogen) atoms. The number of fused-ring (bicyclic) bond motifs is 8. The second-order valence-corrected chi connectivity index (χ2v) is 16.0. The lowest BCUT2D eigenvalue weighted by Crippen LogP contribution is -2.18. The number of benzene rings is 8. The topological polar surface area (TPSA) is 16.4 Å². The first-order chi connectivity index (χ1) is 28.5. The molecule has 2 aliphatic rings. The summed E-state index contributed by atoms with van der Waals surface area (Å²) in [7, 11) is 0. The van der Waals surface area contributed by atoms with Crippen molar-refractivity contribution < 1.29 is 4.42 Å². The predicted octanol–water partition coefficient (Wildman–Crippen LogP) is 15.4. The molecule has 1 heterocycles. The van der Waals surface area contributed by atoms with E-state index >= 15 is 0 Å². The van der Waals surface area contributed by atoms with Crippen molar-refractivity contribution in [2.24, 2.45) is 0 Å². The van der Waals surface area contributed by atoms with Gasteiger partial charge in [0, 0.05) is 38.6 Å². The largest absolute Gasteiger partial charge is 0.455 e. The summed E-state index contributed by atoms with van der Waals surface area (Å²) in [5.41, 5.74) is 17.7. The van der Waals surface area contributed by atoms with Crippen molar-refractivity contribution in [1.82, 2.24) is 0 Å². The van der Waals surface area contributed by atoms with Gasteiger partial charge in [-0.2, -0.15) is 0 Å². The van der Waals surface area contributed by atoms with E-state index in [1.54, 1.807) is 0 Å². The molecule has 0 atom stereocenters. The van der Waals surface area contributed by atoms with Gasteiger partial charge in [-0.25, -0.2) is 0 Å². The molecule has 0 spiro atoms. The molecule has 0 aliphatic heterocycles. The highest BCUT2D eigenvalue weighted by Crippen LogP contribution is 2.50. The Balaban J connectivity index is 0.990. The highest BCUT2D eigenvalue weighted by Gasteiger charge is 2.35. The summed E-state index contributed by atoms with van der Waals surface area (Å²) in [6, 6.07) is 63.8. The summed E-state index contributed by atoms with van der Waals surface area (Å²) in [5.74, 6) is 0. The third-order valence-electron chi connectivity index (χ3n) is 12.3. The molecule has 2 heteroatoms. The fourth-order valence-corrected chi connectivity index (χ4v) is 9.34. The Bertz CT molecular complexity index is 3140. The van der Waals surface area contributed by atoms with E-state index in [1.165, 1.54) is 49.9 Å². The van der Waals surface area contributed by atoms with Crippen LogP contribution in [-0.4, -0.2) is 0 Å². The van der Waals surface area contributed by atoms with Gasteiger partial charge >= 0.3 is 0 Å². The number of anilines is 2. The summed E-state index contributed by atoms with van der Waals surface area (Å²) in [5, 5.41) is 4.60. The van der Waals surface area contributed by atoms with Crippen molar-refractivity contribution in [3.05, 3.63) is 223 Å². The quantitative estimate of drug-likeness (QED) is 0.169. The van der Waals surface area contributed by atoms with Crippen LogP contribution in [-0.2, 0) is 5.41 Å². The Morgan fingerprint density at radius 3 is 1.93 bits per heavy atom. The van der Waals surface area contributed by atoms with Crippen LogP contribution in [0.15, 0.2) is 210 Å². The summed E-state index contributed by atoms with van der Waals surface area (Å²) in [6.07, 6.45) is 10.0. The zero-order valence-electron chi connectivity index (χ0n) is 32.6. The molecule has 0 saturated heterocycles. The Kier molecular flexibility index (Phi) is 7.94. The monoisotopic (exact) mass is 743 g/mol. The van der Waals surface area contributed by atoms with E-state index in [0.717, 1.165) is 61.9 Å². The van der Waals surface area contributed by atoms with E-state index < -0.39 is 0 Å². The smallest absolute Gasteiger partial charge is 0.143 e. The summed E-state index contributed by atoms with van der Waals surface area (Å²) < 4.78 is 6.72. The van der Waals surface area contributed by atoms with Gasteiger partial charge in [-0.3, -0.25) is 0 Å². The molecular weight excluding hydrogens is 703 g/mol. The van der Waals surface area contributed by atoms with Gasteiger partial charge in [0.2, 0.25) is 0 Å². The van der Waals surface area contributed by atoms with Gasteiger partial charge in [-0.15, -0.1) is 0 Å². The number of allylic oxidation sites excluding steroid dienone is 5. The highest BCUT2D eigenvalue weighted by molar-refractivity contribution is 6.19. The summed E-state index contributed by atoms with van der Waals surface area (Å²) >= 11 is 0. The molecule has 0 amide bonds. The first kappa shape index (κ1) is 34.1. The molecule has 0 bridgehead atoms. The maximum atomic E-state index is 6.72. The van der Waals surface area contributed by atoms with Crippen LogP contribution in [0.3, 0.4) is 0 Å². The van der Waals surface area contributed by atoms with Gasteiger partial charge in [0.05, 0.1) is 0 Å². The van der Waals surface area contributed by atoms with Gasteiger partial charge in [0.15, 0.2) is 0 Å². The number of furan rings is 1. The number of nitrogens with zero attached hydrogens (tertiary/aromatic N) is 1. The zero-order valence-corrected chi connectivity index (χ0v) is 32.6. The average molecular weight is 744 g/mol. The lowest BCUT2D eigenvalue weighted by Gasteiger charge is -2.29. The minimum atomic E-state index is -0.0993. The Morgan fingerprint density at radius 2 is 1.12 bits per heavy atom. The van der Waals surface area contributed by atoms with Crippen LogP contribution in [0.2, 0.25) is 0 Å². The lowest BCUT2D eigenvalue weighted by atomic mass is 9.82. The molecule has 0 saturated carbocycles. The Labute approximate surface area is 339 Å². The maximum Gasteiger partial charge on any atom is 0.143 e. The number of hydrogen-bond donors (Lipinski definition) is 0. The zero-order chi connectivity index (χ0) is 38.8. The summed E-state index contributed by atoms with van der Waals surface area (Å²) in [6.45, 7) is 4.70. The van der Waals surface area contributed by atoms with E-state index in [1.807, 2.05) is 0 Å². The molecule has 0 unspecified atom stereocenters. The van der Waals surface area contributed by atoms with E-state index in [-0.39, 0.29) is 5.41 Å². The fraction of sp³-hybridized carbons (Fsp3) is 0.0714. The Morgan fingerprint density at radius 1 is 0.448 bits per heavy atom. The first-order valence-electron chi connectivity index (χ1n) is 20.2. The number of rotatable bonds is 6. The van der Waals surface area contributed by atoms with Crippen molar-refractivity contribution in [2.45, 2.75) is 25.7 Å². The van der Waals surface area contributed by atoms with Crippen LogP contribution in [0.1, 0.15) is 37.0 Å². The van der Waals surface area contributed by atoms with Crippen molar-refractivity contribution in [3.8, 4) is 33.4 Å². The molecular formula is C56H41NO. The maximum absolute atomic E-state index is 6.72. The molecule has 276 valence electrons. The number of hydrogen-bond acceptors (Lipinski definition) is 2. The van der Waals surface area contributed by atoms with Gasteiger partial charge in [-0.1, -0.05) is 166 Å². The average Bonchev–Trinajstić information content (AvgIpc) is 3.63. The normalized spacial score (nSPS) is 14.2. The van der Waals surface area contributed by atoms with Gasteiger partial charge in [0.25, 0.3) is 0 Å². The first-order valence-corrected chi connectivity index (χ1v) is 20.2. The minimum absolute atomic E-state index is 0.0993. The molecule has 0 N–H and O–H groups in total. The van der Waals surface area contributed by atoms with Crippen LogP contribution < -0.4 is 4.90 Å². The molecule has 0 fully saturated rings. The lowest BCUT2D eigenvalue weighted by molar-refractivity contribution is 0.660. The standard InChI is InChI=1S/C56H41NO/c1-56(2)52-23-12-11-21-46(52)47-33-31-44(35-53(47)56)57(42-19-13-18-38(24-28-42)37-14-5-3-6-15-37)43-29-25-39(26-30-43)41-27-32-48-51-36-50(40-16-7-4-8-17-40)45-20-9-10-22-49(45)55(51)58-54(48)34-41/h3-12,14-36H,13H2,1-2H3. The molecule has 1 aromatic heterocycles. The van der Waals surface area contributed by atoms with Crippen molar-refractivity contribution in [2.75, 3.05) is 4.90 Å². The van der Waals surface area contributed by atoms with Crippen molar-refractivity contribution in [3.63, 3.8) is 0 Å². The second kappa shape index (κ2) is 13.5. The van der Waals surface area contributed by atoms with E-state index in [9.17, 15) is 0 Å². The second-order valence-electron chi connectivity index (χ2n) is 16.0. The third-order valence-corrected chi connectivity index (χ3v) is 12.3. The third kappa shape index (κ3) is 5.56. The van der Waals surface area contributed by atoms with Crippen LogP contribution in [0.5, 0.6) is 0 Å². The molecule has 2 aliphatic carbocycles. The predicted molar refractivity (Wildman–Crippen MR) is 245 cm³/mol. The van der Waals surface area contributed by atoms with Crippen LogP contribution in [0.25, 0.3) is 71.7 Å². The molecule has 8 aromatic carbocycles. The van der Waals surface area contributed by atoms with Crippen LogP contribution >= 0.6 is 0 Å². The fourth-order valence-electron chi connectivity index (χ4n) is 9.34.